The van der Waals surface area contributed by atoms with E-state index in [1.165, 1.54) is 13.2 Å². The van der Waals surface area contributed by atoms with E-state index in [0.717, 1.165) is 32.4 Å². The van der Waals surface area contributed by atoms with Gasteiger partial charge in [0, 0.05) is 24.7 Å². The van der Waals surface area contributed by atoms with Gasteiger partial charge in [0.15, 0.2) is 0 Å². The number of esters is 1. The van der Waals surface area contributed by atoms with Crippen LogP contribution < -0.4 is 5.32 Å². The summed E-state index contributed by atoms with van der Waals surface area (Å²) < 4.78 is 4.62. The number of ether oxygens (including phenoxy) is 1. The van der Waals surface area contributed by atoms with Gasteiger partial charge in [0.2, 0.25) is 5.91 Å². The summed E-state index contributed by atoms with van der Waals surface area (Å²) in [7, 11) is 1.33. The van der Waals surface area contributed by atoms with E-state index in [1.54, 1.807) is 30.3 Å². The van der Waals surface area contributed by atoms with E-state index in [9.17, 15) is 14.4 Å². The van der Waals surface area contributed by atoms with Crippen LogP contribution in [-0.2, 0) is 14.3 Å². The van der Waals surface area contributed by atoms with Crippen molar-refractivity contribution in [2.75, 3.05) is 20.2 Å². The van der Waals surface area contributed by atoms with Gasteiger partial charge in [0.1, 0.15) is 5.54 Å². The van der Waals surface area contributed by atoms with E-state index in [1.807, 2.05) is 11.0 Å². The van der Waals surface area contributed by atoms with Crippen molar-refractivity contribution < 1.29 is 19.1 Å². The zero-order valence-corrected chi connectivity index (χ0v) is 15.6. The fourth-order valence-corrected chi connectivity index (χ4v) is 3.86. The van der Waals surface area contributed by atoms with Crippen molar-refractivity contribution in [1.29, 1.82) is 0 Å². The minimum absolute atomic E-state index is 0.00537. The number of hydrogen-bond acceptors (Lipinski definition) is 4. The smallest absolute Gasteiger partial charge is 0.330 e. The third kappa shape index (κ3) is 4.38. The molecule has 2 fully saturated rings. The zero-order valence-electron chi connectivity index (χ0n) is 15.6. The largest absolute Gasteiger partial charge is 0.466 e. The molecule has 0 spiro atoms. The van der Waals surface area contributed by atoms with Gasteiger partial charge >= 0.3 is 5.97 Å². The molecule has 0 bridgehead atoms. The number of methoxy groups -OCH3 is 1. The average Bonchev–Trinajstić information content (AvgIpc) is 2.69. The van der Waals surface area contributed by atoms with Gasteiger partial charge < -0.3 is 15.0 Å². The number of amides is 2. The molecule has 1 aliphatic carbocycles. The number of benzene rings is 1. The van der Waals surface area contributed by atoms with Gasteiger partial charge in [0.25, 0.3) is 5.91 Å². The van der Waals surface area contributed by atoms with Gasteiger partial charge in [-0.1, -0.05) is 24.3 Å². The highest BCUT2D eigenvalue weighted by molar-refractivity contribution is 5.99. The molecule has 2 aliphatic rings. The fraction of sp³-hybridized carbons (Fsp3) is 0.476. The molecule has 1 aliphatic heterocycles. The summed E-state index contributed by atoms with van der Waals surface area (Å²) in [6.45, 7) is 1.48. The van der Waals surface area contributed by atoms with Crippen molar-refractivity contribution >= 4 is 17.8 Å². The molecule has 2 amide bonds. The normalized spacial score (nSPS) is 24.9. The monoisotopic (exact) mass is 370 g/mol. The molecule has 144 valence electrons. The lowest BCUT2D eigenvalue weighted by Gasteiger charge is -2.48. The molecule has 1 N–H and O–H groups in total. The summed E-state index contributed by atoms with van der Waals surface area (Å²) in [6, 6.07) is 8.93. The molecule has 1 saturated carbocycles. The van der Waals surface area contributed by atoms with E-state index >= 15 is 0 Å². The predicted octanol–water partition coefficient (Wildman–Crippen LogP) is 2.31. The number of likely N-dealkylation sites (tertiary alicyclic amines) is 1. The van der Waals surface area contributed by atoms with Crippen LogP contribution in [-0.4, -0.2) is 48.4 Å². The van der Waals surface area contributed by atoms with E-state index in [2.05, 4.69) is 10.1 Å². The van der Waals surface area contributed by atoms with Crippen LogP contribution in [0.1, 0.15) is 42.5 Å². The number of rotatable bonds is 5. The maximum absolute atomic E-state index is 13.2. The van der Waals surface area contributed by atoms with Crippen molar-refractivity contribution in [3.05, 3.63) is 48.0 Å². The predicted molar refractivity (Wildman–Crippen MR) is 101 cm³/mol. The van der Waals surface area contributed by atoms with Crippen LogP contribution in [0.3, 0.4) is 0 Å². The Balaban J connectivity index is 1.73. The van der Waals surface area contributed by atoms with Crippen molar-refractivity contribution in [3.63, 3.8) is 0 Å². The fourth-order valence-electron chi connectivity index (χ4n) is 3.86. The number of nitrogens with one attached hydrogen (secondary N) is 1. The molecule has 0 atom stereocenters. The maximum atomic E-state index is 13.2. The van der Waals surface area contributed by atoms with E-state index in [-0.39, 0.29) is 17.7 Å². The average molecular weight is 370 g/mol. The molecule has 3 rings (SSSR count). The van der Waals surface area contributed by atoms with Gasteiger partial charge in [-0.2, -0.15) is 0 Å². The van der Waals surface area contributed by atoms with Crippen LogP contribution in [0.4, 0.5) is 0 Å². The molecule has 1 saturated heterocycles. The molecule has 6 heteroatoms. The lowest BCUT2D eigenvalue weighted by Crippen LogP contribution is -2.66. The third-order valence-electron chi connectivity index (χ3n) is 5.37. The second kappa shape index (κ2) is 8.37. The molecule has 1 heterocycles. The first-order chi connectivity index (χ1) is 13.0. The summed E-state index contributed by atoms with van der Waals surface area (Å²) in [5, 5.41) is 2.99. The van der Waals surface area contributed by atoms with Crippen LogP contribution in [0.25, 0.3) is 0 Å². The number of carbonyl (C=O) groups is 3. The zero-order chi connectivity index (χ0) is 19.3. The maximum Gasteiger partial charge on any atom is 0.330 e. The minimum Gasteiger partial charge on any atom is -0.466 e. The Hall–Kier alpha value is -2.63. The number of nitrogens with zero attached hydrogens (tertiary/aromatic N) is 1. The number of allylic oxidation sites excluding steroid dienone is 1. The first-order valence-electron chi connectivity index (χ1n) is 9.47. The number of carbonyl (C=O) groups excluding carboxylic acids is 3. The number of hydrogen-bond donors (Lipinski definition) is 1. The first-order valence-corrected chi connectivity index (χ1v) is 9.47. The van der Waals surface area contributed by atoms with Crippen molar-refractivity contribution in [2.45, 2.75) is 37.6 Å². The molecule has 6 nitrogen and oxygen atoms in total. The molecular weight excluding hydrogens is 344 g/mol. The Kier molecular flexibility index (Phi) is 5.94. The van der Waals surface area contributed by atoms with E-state index < -0.39 is 11.5 Å². The van der Waals surface area contributed by atoms with Crippen LogP contribution in [0.5, 0.6) is 0 Å². The van der Waals surface area contributed by atoms with Crippen molar-refractivity contribution in [3.8, 4) is 0 Å². The summed E-state index contributed by atoms with van der Waals surface area (Å²) in [4.78, 5) is 39.1. The molecule has 1 aromatic rings. The Morgan fingerprint density at radius 3 is 2.41 bits per heavy atom. The summed E-state index contributed by atoms with van der Waals surface area (Å²) in [5.74, 6) is -0.595. The summed E-state index contributed by atoms with van der Waals surface area (Å²) >= 11 is 0. The Bertz CT molecular complexity index is 717. The Labute approximate surface area is 159 Å². The molecular formula is C21H26N2O4. The third-order valence-corrected chi connectivity index (χ3v) is 5.37. The quantitative estimate of drug-likeness (QED) is 0.637. The Morgan fingerprint density at radius 2 is 1.78 bits per heavy atom. The Morgan fingerprint density at radius 1 is 1.11 bits per heavy atom. The van der Waals surface area contributed by atoms with Crippen LogP contribution in [0.2, 0.25) is 0 Å². The lowest BCUT2D eigenvalue weighted by molar-refractivity contribution is -0.144. The summed E-state index contributed by atoms with van der Waals surface area (Å²) in [6.07, 6.45) is 7.28. The minimum atomic E-state index is -0.893. The van der Waals surface area contributed by atoms with Crippen LogP contribution in [0, 0.1) is 5.92 Å². The highest BCUT2D eigenvalue weighted by atomic mass is 16.5. The highest BCUT2D eigenvalue weighted by Gasteiger charge is 2.52. The van der Waals surface area contributed by atoms with Gasteiger partial charge in [0.05, 0.1) is 7.11 Å². The number of piperidine rings is 1. The van der Waals surface area contributed by atoms with Gasteiger partial charge in [-0.25, -0.2) is 4.79 Å². The van der Waals surface area contributed by atoms with Crippen LogP contribution >= 0.6 is 0 Å². The molecule has 27 heavy (non-hydrogen) atoms. The first kappa shape index (κ1) is 19.1. The lowest BCUT2D eigenvalue weighted by atomic mass is 9.67. The van der Waals surface area contributed by atoms with E-state index in [0.29, 0.717) is 18.4 Å². The van der Waals surface area contributed by atoms with E-state index in [4.69, 9.17) is 0 Å². The topological polar surface area (TPSA) is 75.7 Å². The van der Waals surface area contributed by atoms with Gasteiger partial charge in [-0.15, -0.1) is 0 Å². The second-order valence-corrected chi connectivity index (χ2v) is 7.31. The van der Waals surface area contributed by atoms with Gasteiger partial charge in [-0.3, -0.25) is 9.59 Å². The SMILES string of the molecule is COC(=O)/C=C/C1CC(NC(=O)c2ccccc2)(C(=O)N2CCCCC2)C1. The molecule has 0 radical (unpaired) electrons. The second-order valence-electron chi connectivity index (χ2n) is 7.31. The standard InChI is InChI=1S/C21H26N2O4/c1-27-18(24)11-10-16-14-21(15-16,20(26)23-12-6-3-7-13-23)22-19(25)17-8-4-2-5-9-17/h2,4-5,8-11,16H,3,6-7,12-15H2,1H3,(H,22,25)/b11-10+. The van der Waals surface area contributed by atoms with Gasteiger partial charge in [-0.05, 0) is 50.2 Å². The molecule has 0 unspecified atom stereocenters. The van der Waals surface area contributed by atoms with Crippen molar-refractivity contribution in [1.82, 2.24) is 10.2 Å². The highest BCUT2D eigenvalue weighted by Crippen LogP contribution is 2.41. The van der Waals surface area contributed by atoms with Crippen LogP contribution in [0.15, 0.2) is 42.5 Å². The molecule has 0 aromatic heterocycles. The molecule has 1 aromatic carbocycles. The summed E-state index contributed by atoms with van der Waals surface area (Å²) in [5.41, 5.74) is -0.355. The van der Waals surface area contributed by atoms with Crippen molar-refractivity contribution in [2.24, 2.45) is 5.92 Å².